The van der Waals surface area contributed by atoms with Crippen LogP contribution in [-0.2, 0) is 17.1 Å². The summed E-state index contributed by atoms with van der Waals surface area (Å²) in [5.41, 5.74) is 3.15. The number of nitriles is 1. The predicted molar refractivity (Wildman–Crippen MR) is 147 cm³/mol. The van der Waals surface area contributed by atoms with Gasteiger partial charge in [-0.05, 0) is 69.1 Å². The number of aryl methyl sites for hydroxylation is 2. The topological polar surface area (TPSA) is 126 Å². The minimum absolute atomic E-state index is 0.0395. The molecule has 2 aromatic carbocycles. The molecule has 39 heavy (non-hydrogen) atoms. The molecule has 0 spiro atoms. The molecule has 0 radical (unpaired) electrons. The molecule has 1 saturated heterocycles. The highest BCUT2D eigenvalue weighted by Crippen LogP contribution is 2.35. The van der Waals surface area contributed by atoms with Crippen LogP contribution in [0.5, 0.6) is 11.6 Å². The zero-order valence-corrected chi connectivity index (χ0v) is 22.8. The van der Waals surface area contributed by atoms with Gasteiger partial charge in [0.2, 0.25) is 11.8 Å². The van der Waals surface area contributed by atoms with Crippen LogP contribution in [0.15, 0.2) is 65.8 Å². The highest BCUT2D eigenvalue weighted by molar-refractivity contribution is 7.92. The Morgan fingerprint density at radius 2 is 1.77 bits per heavy atom. The molecular formula is C28H29N7O3S. The van der Waals surface area contributed by atoms with E-state index in [-0.39, 0.29) is 28.0 Å². The largest absolute Gasteiger partial charge is 0.437 e. The lowest BCUT2D eigenvalue weighted by Gasteiger charge is -2.29. The monoisotopic (exact) mass is 543 g/mol. The number of benzene rings is 2. The summed E-state index contributed by atoms with van der Waals surface area (Å²) in [6.07, 6.45) is 4.80. The molecule has 0 bridgehead atoms. The van der Waals surface area contributed by atoms with Crippen molar-refractivity contribution in [2.75, 3.05) is 24.9 Å². The molecule has 1 aliphatic rings. The average Bonchev–Trinajstić information content (AvgIpc) is 3.37. The van der Waals surface area contributed by atoms with Crippen molar-refractivity contribution in [2.24, 2.45) is 7.05 Å². The van der Waals surface area contributed by atoms with Gasteiger partial charge in [0.05, 0.1) is 11.9 Å². The predicted octanol–water partition coefficient (Wildman–Crippen LogP) is 4.46. The first-order chi connectivity index (χ1) is 18.7. The molecular weight excluding hydrogens is 514 g/mol. The number of aromatic nitrogens is 4. The van der Waals surface area contributed by atoms with Crippen molar-refractivity contribution in [1.82, 2.24) is 24.6 Å². The maximum absolute atomic E-state index is 13.0. The Morgan fingerprint density at radius 3 is 2.41 bits per heavy atom. The van der Waals surface area contributed by atoms with Gasteiger partial charge < -0.3 is 9.64 Å². The van der Waals surface area contributed by atoms with E-state index in [0.717, 1.165) is 31.5 Å². The molecule has 1 aliphatic heterocycles. The maximum atomic E-state index is 13.0. The van der Waals surface area contributed by atoms with Crippen molar-refractivity contribution >= 4 is 16.0 Å². The van der Waals surface area contributed by atoms with Crippen LogP contribution in [-0.4, -0.2) is 53.2 Å². The van der Waals surface area contributed by atoms with Crippen molar-refractivity contribution < 1.29 is 13.2 Å². The van der Waals surface area contributed by atoms with E-state index in [1.165, 1.54) is 22.6 Å². The Kier molecular flexibility index (Phi) is 7.32. The fraction of sp³-hybridized carbons (Fsp3) is 0.286. The summed E-state index contributed by atoms with van der Waals surface area (Å²) < 4.78 is 35.9. The average molecular weight is 544 g/mol. The van der Waals surface area contributed by atoms with E-state index in [9.17, 15) is 13.7 Å². The molecule has 1 N–H and O–H groups in total. The van der Waals surface area contributed by atoms with Gasteiger partial charge >= 0.3 is 0 Å². The number of hydrogen-bond donors (Lipinski definition) is 1. The van der Waals surface area contributed by atoms with Gasteiger partial charge in [0.1, 0.15) is 22.3 Å². The van der Waals surface area contributed by atoms with E-state index in [1.54, 1.807) is 7.05 Å². The molecule has 0 atom stereocenters. The third-order valence-corrected chi connectivity index (χ3v) is 8.17. The number of nitrogens with one attached hydrogen (secondary N) is 1. The number of sulfonamides is 1. The van der Waals surface area contributed by atoms with Crippen molar-refractivity contribution in [2.45, 2.75) is 30.6 Å². The van der Waals surface area contributed by atoms with E-state index in [4.69, 9.17) is 4.74 Å². The highest BCUT2D eigenvalue weighted by atomic mass is 32.2. The van der Waals surface area contributed by atoms with Gasteiger partial charge in [-0.2, -0.15) is 15.3 Å². The van der Waals surface area contributed by atoms with Crippen LogP contribution in [0.3, 0.4) is 0 Å². The van der Waals surface area contributed by atoms with Crippen LogP contribution >= 0.6 is 0 Å². The number of rotatable bonds is 7. The minimum Gasteiger partial charge on any atom is -0.437 e. The Morgan fingerprint density at radius 1 is 1.05 bits per heavy atom. The number of anilines is 1. The summed E-state index contributed by atoms with van der Waals surface area (Å²) in [5, 5.41) is 14.0. The van der Waals surface area contributed by atoms with Crippen LogP contribution in [0, 0.1) is 18.3 Å². The summed E-state index contributed by atoms with van der Waals surface area (Å²) in [6, 6.07) is 17.3. The van der Waals surface area contributed by atoms with Gasteiger partial charge in [-0.3, -0.25) is 4.68 Å². The lowest BCUT2D eigenvalue weighted by Crippen LogP contribution is -2.29. The number of likely N-dealkylation sites (tertiary alicyclic amines) is 1. The third-order valence-electron chi connectivity index (χ3n) is 6.89. The fourth-order valence-corrected chi connectivity index (χ4v) is 5.60. The van der Waals surface area contributed by atoms with Crippen LogP contribution in [0.25, 0.3) is 11.3 Å². The molecule has 0 saturated carbocycles. The second-order valence-electron chi connectivity index (χ2n) is 9.71. The Balaban J connectivity index is 1.52. The maximum Gasteiger partial charge on any atom is 0.267 e. The molecule has 1 fully saturated rings. The summed E-state index contributed by atoms with van der Waals surface area (Å²) in [7, 11) is -0.274. The Labute approximate surface area is 228 Å². The normalized spacial score (nSPS) is 14.6. The third kappa shape index (κ3) is 5.77. The molecule has 0 amide bonds. The minimum atomic E-state index is -4.03. The van der Waals surface area contributed by atoms with E-state index in [1.807, 2.05) is 55.5 Å². The molecule has 3 heterocycles. The van der Waals surface area contributed by atoms with E-state index in [2.05, 4.69) is 37.8 Å². The molecule has 0 unspecified atom stereocenters. The number of piperidine rings is 1. The van der Waals surface area contributed by atoms with E-state index in [0.29, 0.717) is 17.2 Å². The van der Waals surface area contributed by atoms with Crippen molar-refractivity contribution in [3.05, 3.63) is 77.6 Å². The lowest BCUT2D eigenvalue weighted by molar-refractivity contribution is 0.255. The molecule has 4 aromatic rings. The van der Waals surface area contributed by atoms with Crippen LogP contribution in [0.2, 0.25) is 0 Å². The number of ether oxygens (including phenoxy) is 1. The molecule has 5 rings (SSSR count). The van der Waals surface area contributed by atoms with E-state index < -0.39 is 10.0 Å². The molecule has 0 aliphatic carbocycles. The SMILES string of the molecule is Cc1ccccc1-c1nc(NS(=O)(=O)c2cnn(C)c2)nc(Oc2ccc(C3CCN(C)CC3)cc2)c1C#N. The zero-order chi connectivity index (χ0) is 27.6. The van der Waals surface area contributed by atoms with Gasteiger partial charge in [-0.25, -0.2) is 18.1 Å². The van der Waals surface area contributed by atoms with Crippen LogP contribution in [0.1, 0.15) is 35.4 Å². The summed E-state index contributed by atoms with van der Waals surface area (Å²) >= 11 is 0. The highest BCUT2D eigenvalue weighted by Gasteiger charge is 2.24. The summed E-state index contributed by atoms with van der Waals surface area (Å²) in [4.78, 5) is 11.0. The van der Waals surface area contributed by atoms with E-state index >= 15 is 0 Å². The second-order valence-corrected chi connectivity index (χ2v) is 11.4. The fourth-order valence-electron chi connectivity index (χ4n) is 4.67. The first kappa shape index (κ1) is 26.3. The number of hydrogen-bond acceptors (Lipinski definition) is 8. The quantitative estimate of drug-likeness (QED) is 0.362. The van der Waals surface area contributed by atoms with Crippen LogP contribution in [0.4, 0.5) is 5.95 Å². The van der Waals surface area contributed by atoms with Gasteiger partial charge in [-0.15, -0.1) is 0 Å². The zero-order valence-electron chi connectivity index (χ0n) is 22.0. The number of nitrogens with zero attached hydrogens (tertiary/aromatic N) is 6. The second kappa shape index (κ2) is 10.8. The van der Waals surface area contributed by atoms with Gasteiger partial charge in [-0.1, -0.05) is 36.4 Å². The first-order valence-corrected chi connectivity index (χ1v) is 14.1. The Hall–Kier alpha value is -4.27. The summed E-state index contributed by atoms with van der Waals surface area (Å²) in [6.45, 7) is 4.02. The van der Waals surface area contributed by atoms with Gasteiger partial charge in [0.15, 0.2) is 0 Å². The molecule has 2 aromatic heterocycles. The van der Waals surface area contributed by atoms with Crippen molar-refractivity contribution in [3.8, 4) is 29.0 Å². The standard InChI is InChI=1S/C28H29N7O3S/c1-19-6-4-5-7-24(19)26-25(16-29)27(32-28(31-26)33-39(36,37)23-17-30-35(3)18-23)38-22-10-8-20(9-11-22)21-12-14-34(2)15-13-21/h4-11,17-18,21H,12-15H2,1-3H3,(H,31,32,33). The Bertz CT molecular complexity index is 1630. The summed E-state index contributed by atoms with van der Waals surface area (Å²) in [5.74, 6) is 0.722. The van der Waals surface area contributed by atoms with Gasteiger partial charge in [0.25, 0.3) is 10.0 Å². The first-order valence-electron chi connectivity index (χ1n) is 12.6. The molecule has 200 valence electrons. The van der Waals surface area contributed by atoms with Crippen molar-refractivity contribution in [3.63, 3.8) is 0 Å². The molecule has 11 heteroatoms. The van der Waals surface area contributed by atoms with Crippen molar-refractivity contribution in [1.29, 1.82) is 5.26 Å². The molecule has 10 nitrogen and oxygen atoms in total. The smallest absolute Gasteiger partial charge is 0.267 e. The van der Waals surface area contributed by atoms with Gasteiger partial charge in [0, 0.05) is 18.8 Å². The van der Waals surface area contributed by atoms with Crippen LogP contribution < -0.4 is 9.46 Å². The lowest BCUT2D eigenvalue weighted by atomic mass is 9.90.